The van der Waals surface area contributed by atoms with E-state index in [0.29, 0.717) is 6.54 Å². The summed E-state index contributed by atoms with van der Waals surface area (Å²) in [5.41, 5.74) is 8.32. The van der Waals surface area contributed by atoms with E-state index in [0.717, 1.165) is 18.1 Å². The van der Waals surface area contributed by atoms with Crippen molar-refractivity contribution in [2.24, 2.45) is 0 Å². The maximum atomic E-state index is 12.9. The Hall–Kier alpha value is -2.36. The van der Waals surface area contributed by atoms with Crippen molar-refractivity contribution in [3.05, 3.63) is 65.0 Å². The number of amides is 1. The first-order chi connectivity index (χ1) is 9.60. The van der Waals surface area contributed by atoms with Crippen LogP contribution in [0.3, 0.4) is 0 Å². The van der Waals surface area contributed by atoms with Gasteiger partial charge in [-0.1, -0.05) is 31.2 Å². The highest BCUT2D eigenvalue weighted by Crippen LogP contribution is 2.13. The first-order valence-electron chi connectivity index (χ1n) is 6.51. The number of carbonyl (C=O) groups excluding carboxylic acids is 1. The van der Waals surface area contributed by atoms with Crippen LogP contribution in [0.4, 0.5) is 10.1 Å². The molecule has 20 heavy (non-hydrogen) atoms. The van der Waals surface area contributed by atoms with E-state index in [1.54, 1.807) is 0 Å². The molecular weight excluding hydrogens is 255 g/mol. The van der Waals surface area contributed by atoms with Crippen molar-refractivity contribution in [2.45, 2.75) is 19.9 Å². The number of halogens is 1. The fraction of sp³-hybridized carbons (Fsp3) is 0.188. The van der Waals surface area contributed by atoms with Gasteiger partial charge in [-0.25, -0.2) is 4.39 Å². The topological polar surface area (TPSA) is 55.1 Å². The van der Waals surface area contributed by atoms with Crippen LogP contribution < -0.4 is 11.1 Å². The van der Waals surface area contributed by atoms with Gasteiger partial charge in [-0.05, 0) is 35.7 Å². The molecule has 0 spiro atoms. The van der Waals surface area contributed by atoms with Gasteiger partial charge < -0.3 is 11.1 Å². The third-order valence-corrected chi connectivity index (χ3v) is 3.14. The summed E-state index contributed by atoms with van der Waals surface area (Å²) in [6.45, 7) is 2.51. The van der Waals surface area contributed by atoms with Gasteiger partial charge in [-0.2, -0.15) is 0 Å². The molecule has 0 heterocycles. The maximum Gasteiger partial charge on any atom is 0.253 e. The summed E-state index contributed by atoms with van der Waals surface area (Å²) < 4.78 is 12.9. The van der Waals surface area contributed by atoms with Crippen LogP contribution in [-0.2, 0) is 13.0 Å². The van der Waals surface area contributed by atoms with Crippen LogP contribution in [0.25, 0.3) is 0 Å². The zero-order valence-electron chi connectivity index (χ0n) is 11.3. The Kier molecular flexibility index (Phi) is 4.35. The molecule has 2 aromatic rings. The number of nitrogens with one attached hydrogen (secondary N) is 1. The van der Waals surface area contributed by atoms with E-state index in [1.807, 2.05) is 24.3 Å². The first-order valence-corrected chi connectivity index (χ1v) is 6.51. The lowest BCUT2D eigenvalue weighted by atomic mass is 10.1. The average molecular weight is 272 g/mol. The highest BCUT2D eigenvalue weighted by Gasteiger charge is 2.09. The number of benzene rings is 2. The van der Waals surface area contributed by atoms with Crippen LogP contribution in [0.2, 0.25) is 0 Å². The van der Waals surface area contributed by atoms with Crippen LogP contribution in [0, 0.1) is 5.82 Å². The summed E-state index contributed by atoms with van der Waals surface area (Å²) in [7, 11) is 0. The van der Waals surface area contributed by atoms with Crippen LogP contribution >= 0.6 is 0 Å². The van der Waals surface area contributed by atoms with Crippen molar-refractivity contribution in [2.75, 3.05) is 5.73 Å². The van der Waals surface area contributed by atoms with Gasteiger partial charge in [0.15, 0.2) is 0 Å². The van der Waals surface area contributed by atoms with E-state index in [2.05, 4.69) is 12.2 Å². The van der Waals surface area contributed by atoms with Crippen molar-refractivity contribution < 1.29 is 9.18 Å². The minimum absolute atomic E-state index is 0.142. The van der Waals surface area contributed by atoms with Gasteiger partial charge in [0.1, 0.15) is 5.82 Å². The fourth-order valence-corrected chi connectivity index (χ4v) is 1.91. The van der Waals surface area contributed by atoms with Gasteiger partial charge in [0.25, 0.3) is 5.91 Å². The largest absolute Gasteiger partial charge is 0.398 e. The number of rotatable bonds is 4. The van der Waals surface area contributed by atoms with Crippen molar-refractivity contribution in [1.82, 2.24) is 5.32 Å². The van der Waals surface area contributed by atoms with E-state index in [9.17, 15) is 9.18 Å². The van der Waals surface area contributed by atoms with Crippen molar-refractivity contribution in [3.63, 3.8) is 0 Å². The molecule has 0 atom stereocenters. The monoisotopic (exact) mass is 272 g/mol. The molecule has 0 aliphatic carbocycles. The van der Waals surface area contributed by atoms with Crippen molar-refractivity contribution >= 4 is 11.6 Å². The lowest BCUT2D eigenvalue weighted by molar-refractivity contribution is 0.0952. The molecule has 2 rings (SSSR count). The standard InChI is InChI=1S/C16H17FN2O/c1-2-11-3-5-12(6-4-11)10-19-16(20)14-8-7-13(17)9-15(14)18/h3-9H,2,10,18H2,1H3,(H,19,20). The molecule has 0 aromatic heterocycles. The van der Waals surface area contributed by atoms with Gasteiger partial charge in [0, 0.05) is 12.2 Å². The number of aryl methyl sites for hydroxylation is 1. The Balaban J connectivity index is 2.00. The Morgan fingerprint density at radius 1 is 1.15 bits per heavy atom. The molecule has 0 unspecified atom stereocenters. The van der Waals surface area contributed by atoms with E-state index in [1.165, 1.54) is 17.7 Å². The quantitative estimate of drug-likeness (QED) is 0.841. The van der Waals surface area contributed by atoms with Crippen LogP contribution in [0.5, 0.6) is 0 Å². The second-order valence-corrected chi connectivity index (χ2v) is 4.58. The summed E-state index contributed by atoms with van der Waals surface area (Å²) in [6, 6.07) is 11.8. The molecule has 0 bridgehead atoms. The van der Waals surface area contributed by atoms with Crippen LogP contribution in [0.15, 0.2) is 42.5 Å². The Bertz CT molecular complexity index is 608. The molecule has 0 aliphatic heterocycles. The molecule has 0 aliphatic rings. The molecule has 3 N–H and O–H groups in total. The molecule has 4 heteroatoms. The molecule has 0 saturated carbocycles. The molecule has 0 radical (unpaired) electrons. The Labute approximate surface area is 117 Å². The molecule has 3 nitrogen and oxygen atoms in total. The number of nitrogen functional groups attached to an aromatic ring is 1. The van der Waals surface area contributed by atoms with Crippen molar-refractivity contribution in [3.8, 4) is 0 Å². The third-order valence-electron chi connectivity index (χ3n) is 3.14. The fourth-order valence-electron chi connectivity index (χ4n) is 1.91. The lowest BCUT2D eigenvalue weighted by Crippen LogP contribution is -2.23. The number of hydrogen-bond acceptors (Lipinski definition) is 2. The summed E-state index contributed by atoms with van der Waals surface area (Å²) in [5.74, 6) is -0.753. The highest BCUT2D eigenvalue weighted by molar-refractivity contribution is 5.99. The van der Waals surface area contributed by atoms with Gasteiger partial charge in [0.05, 0.1) is 5.56 Å². The van der Waals surface area contributed by atoms with Gasteiger partial charge in [-0.3, -0.25) is 4.79 Å². The smallest absolute Gasteiger partial charge is 0.253 e. The molecular formula is C16H17FN2O. The normalized spacial score (nSPS) is 10.3. The maximum absolute atomic E-state index is 12.9. The van der Waals surface area contributed by atoms with E-state index >= 15 is 0 Å². The SMILES string of the molecule is CCc1ccc(CNC(=O)c2ccc(F)cc2N)cc1. The minimum Gasteiger partial charge on any atom is -0.398 e. The van der Waals surface area contributed by atoms with E-state index in [-0.39, 0.29) is 17.2 Å². The molecule has 104 valence electrons. The minimum atomic E-state index is -0.450. The summed E-state index contributed by atoms with van der Waals surface area (Å²) in [4.78, 5) is 12.0. The van der Waals surface area contributed by atoms with Gasteiger partial charge >= 0.3 is 0 Å². The zero-order valence-corrected chi connectivity index (χ0v) is 11.3. The van der Waals surface area contributed by atoms with Crippen molar-refractivity contribution in [1.29, 1.82) is 0 Å². The van der Waals surface area contributed by atoms with Crippen LogP contribution in [0.1, 0.15) is 28.4 Å². The lowest BCUT2D eigenvalue weighted by Gasteiger charge is -2.08. The number of hydrogen-bond donors (Lipinski definition) is 2. The second-order valence-electron chi connectivity index (χ2n) is 4.58. The average Bonchev–Trinajstić information content (AvgIpc) is 2.45. The molecule has 2 aromatic carbocycles. The van der Waals surface area contributed by atoms with Gasteiger partial charge in [-0.15, -0.1) is 0 Å². The zero-order chi connectivity index (χ0) is 14.5. The first kappa shape index (κ1) is 14.1. The molecule has 0 saturated heterocycles. The Morgan fingerprint density at radius 3 is 2.40 bits per heavy atom. The van der Waals surface area contributed by atoms with E-state index in [4.69, 9.17) is 5.73 Å². The third kappa shape index (κ3) is 3.35. The number of nitrogens with two attached hydrogens (primary N) is 1. The van der Waals surface area contributed by atoms with Crippen LogP contribution in [-0.4, -0.2) is 5.91 Å². The predicted molar refractivity (Wildman–Crippen MR) is 77.8 cm³/mol. The molecule has 1 amide bonds. The summed E-state index contributed by atoms with van der Waals surface area (Å²) in [6.07, 6.45) is 0.985. The number of anilines is 1. The Morgan fingerprint density at radius 2 is 1.80 bits per heavy atom. The second kappa shape index (κ2) is 6.19. The number of carbonyl (C=O) groups is 1. The summed E-state index contributed by atoms with van der Waals surface area (Å²) in [5, 5.41) is 2.77. The summed E-state index contributed by atoms with van der Waals surface area (Å²) >= 11 is 0. The van der Waals surface area contributed by atoms with E-state index < -0.39 is 5.82 Å². The van der Waals surface area contributed by atoms with Gasteiger partial charge in [0.2, 0.25) is 0 Å². The highest BCUT2D eigenvalue weighted by atomic mass is 19.1. The predicted octanol–water partition coefficient (Wildman–Crippen LogP) is 2.90. The molecule has 0 fully saturated rings.